The van der Waals surface area contributed by atoms with Crippen molar-refractivity contribution in [1.29, 1.82) is 0 Å². The number of benzene rings is 3. The molecule has 0 heterocycles. The van der Waals surface area contributed by atoms with Crippen molar-refractivity contribution in [2.24, 2.45) is 0 Å². The number of hydrogen-bond acceptors (Lipinski definition) is 6. The molecule has 0 saturated heterocycles. The smallest absolute Gasteiger partial charge is 0.343 e. The average Bonchev–Trinajstić information content (AvgIpc) is 2.95. The van der Waals surface area contributed by atoms with E-state index in [1.165, 1.54) is 0 Å². The largest absolute Gasteiger partial charge is 0.508 e. The molecule has 2 N–H and O–H groups in total. The number of ketones is 1. The molecule has 6 heteroatoms. The van der Waals surface area contributed by atoms with Crippen LogP contribution in [0.3, 0.4) is 0 Å². The Hall–Kier alpha value is -4.16. The quantitative estimate of drug-likeness (QED) is 0.124. The average molecular weight is 527 g/mol. The van der Waals surface area contributed by atoms with E-state index in [1.807, 2.05) is 24.3 Å². The van der Waals surface area contributed by atoms with Crippen molar-refractivity contribution in [3.8, 4) is 17.2 Å². The van der Waals surface area contributed by atoms with Crippen LogP contribution in [0.5, 0.6) is 17.2 Å². The molecule has 4 rings (SSSR count). The summed E-state index contributed by atoms with van der Waals surface area (Å²) in [4.78, 5) is 25.6. The van der Waals surface area contributed by atoms with Crippen LogP contribution in [0.1, 0.15) is 66.4 Å². The highest BCUT2D eigenvalue weighted by molar-refractivity contribution is 6.14. The van der Waals surface area contributed by atoms with Crippen LogP contribution >= 0.6 is 0 Å². The predicted molar refractivity (Wildman–Crippen MR) is 152 cm³/mol. The summed E-state index contributed by atoms with van der Waals surface area (Å²) in [6, 6.07) is 20.8. The molecular formula is C33H34O6. The van der Waals surface area contributed by atoms with Crippen LogP contribution in [0.25, 0.3) is 12.2 Å². The molecule has 0 aliphatic heterocycles. The van der Waals surface area contributed by atoms with Crippen molar-refractivity contribution < 1.29 is 29.3 Å². The monoisotopic (exact) mass is 526 g/mol. The first-order valence-corrected chi connectivity index (χ1v) is 13.4. The molecule has 0 unspecified atom stereocenters. The molecule has 202 valence electrons. The number of phenolic OH excluding ortho intramolecular Hbond substituents is 1. The number of carbonyl (C=O) groups excluding carboxylic acids is 2. The lowest BCUT2D eigenvalue weighted by Gasteiger charge is -2.16. The van der Waals surface area contributed by atoms with Crippen LogP contribution in [0.4, 0.5) is 0 Å². The number of esters is 1. The van der Waals surface area contributed by atoms with E-state index in [9.17, 15) is 14.7 Å². The number of ether oxygens (including phenoxy) is 2. The van der Waals surface area contributed by atoms with Gasteiger partial charge < -0.3 is 19.7 Å². The molecule has 39 heavy (non-hydrogen) atoms. The summed E-state index contributed by atoms with van der Waals surface area (Å²) in [5.41, 5.74) is 3.69. The third kappa shape index (κ3) is 8.42. The maximum absolute atomic E-state index is 13.0. The molecule has 1 aliphatic carbocycles. The van der Waals surface area contributed by atoms with Gasteiger partial charge in [0.2, 0.25) is 0 Å². The Labute approximate surface area is 229 Å². The van der Waals surface area contributed by atoms with Crippen molar-refractivity contribution in [3.63, 3.8) is 0 Å². The van der Waals surface area contributed by atoms with Crippen molar-refractivity contribution in [1.82, 2.24) is 0 Å². The lowest BCUT2D eigenvalue weighted by molar-refractivity contribution is -0.112. The Morgan fingerprint density at radius 1 is 0.744 bits per heavy atom. The fourth-order valence-electron chi connectivity index (χ4n) is 4.39. The molecular weight excluding hydrogens is 492 g/mol. The highest BCUT2D eigenvalue weighted by Crippen LogP contribution is 2.29. The number of aromatic hydroxyl groups is 1. The second-order valence-corrected chi connectivity index (χ2v) is 9.58. The Balaban J connectivity index is 1.31. The predicted octanol–water partition coefficient (Wildman–Crippen LogP) is 6.76. The van der Waals surface area contributed by atoms with Crippen LogP contribution in [0.15, 0.2) is 83.9 Å². The Kier molecular flexibility index (Phi) is 10.1. The molecule has 0 radical (unpaired) electrons. The number of phenols is 1. The first-order chi connectivity index (χ1) is 19.0. The van der Waals surface area contributed by atoms with Crippen LogP contribution in [-0.2, 0) is 4.79 Å². The molecule has 6 nitrogen and oxygen atoms in total. The summed E-state index contributed by atoms with van der Waals surface area (Å²) in [5.74, 6) is 0.905. The van der Waals surface area contributed by atoms with Crippen LogP contribution in [-0.4, -0.2) is 35.2 Å². The summed E-state index contributed by atoms with van der Waals surface area (Å²) in [5, 5.41) is 18.3. The van der Waals surface area contributed by atoms with Crippen LogP contribution in [0, 0.1) is 0 Å². The van der Waals surface area contributed by atoms with Gasteiger partial charge in [0.1, 0.15) is 17.2 Å². The third-order valence-corrected chi connectivity index (χ3v) is 6.55. The SMILES string of the molecule is O=C1C(=Cc2ccc(O)cc2)CCCC1=Cc1ccc(OC(=O)c2ccc(OCCCCCCO)cc2)cc1. The van der Waals surface area contributed by atoms with Crippen molar-refractivity contribution in [2.75, 3.05) is 13.2 Å². The number of allylic oxidation sites excluding steroid dienone is 2. The van der Waals surface area contributed by atoms with Crippen molar-refractivity contribution >= 4 is 23.9 Å². The number of aliphatic hydroxyl groups is 1. The normalized spacial score (nSPS) is 15.5. The van der Waals surface area contributed by atoms with Crippen molar-refractivity contribution in [2.45, 2.75) is 44.9 Å². The van der Waals surface area contributed by atoms with Gasteiger partial charge in [-0.25, -0.2) is 4.79 Å². The summed E-state index contributed by atoms with van der Waals surface area (Å²) in [6.45, 7) is 0.823. The minimum absolute atomic E-state index is 0.0407. The highest BCUT2D eigenvalue weighted by Gasteiger charge is 2.20. The third-order valence-electron chi connectivity index (χ3n) is 6.55. The molecule has 0 atom stereocenters. The molecule has 0 amide bonds. The highest BCUT2D eigenvalue weighted by atomic mass is 16.5. The van der Waals surface area contributed by atoms with E-state index in [1.54, 1.807) is 60.7 Å². The van der Waals surface area contributed by atoms with Gasteiger partial charge in [-0.2, -0.15) is 0 Å². The topological polar surface area (TPSA) is 93.1 Å². The second-order valence-electron chi connectivity index (χ2n) is 9.58. The standard InChI is InChI=1S/C33H34O6/c34-20-3-1-2-4-21-38-30-18-12-26(13-19-30)33(37)39-31-16-10-25(11-17-31)23-28-7-5-6-27(32(28)36)22-24-8-14-29(35)15-9-24/h8-19,22-23,34-35H,1-7,20-21H2. The number of hydrogen-bond donors (Lipinski definition) is 2. The van der Waals surface area contributed by atoms with E-state index in [0.29, 0.717) is 30.1 Å². The van der Waals surface area contributed by atoms with Gasteiger partial charge in [0.15, 0.2) is 5.78 Å². The zero-order chi connectivity index (χ0) is 27.5. The van der Waals surface area contributed by atoms with Gasteiger partial charge in [-0.1, -0.05) is 30.7 Å². The van der Waals surface area contributed by atoms with Gasteiger partial charge >= 0.3 is 5.97 Å². The van der Waals surface area contributed by atoms with Crippen molar-refractivity contribution in [3.05, 3.63) is 101 Å². The lowest BCUT2D eigenvalue weighted by atomic mass is 9.87. The minimum Gasteiger partial charge on any atom is -0.508 e. The first kappa shape index (κ1) is 27.9. The zero-order valence-electron chi connectivity index (χ0n) is 22.0. The molecule has 1 saturated carbocycles. The number of rotatable bonds is 11. The fourth-order valence-corrected chi connectivity index (χ4v) is 4.39. The van der Waals surface area contributed by atoms with Gasteiger partial charge in [-0.05, 0) is 110 Å². The lowest BCUT2D eigenvalue weighted by Crippen LogP contribution is -2.12. The zero-order valence-corrected chi connectivity index (χ0v) is 22.0. The molecule has 1 fully saturated rings. The van der Waals surface area contributed by atoms with Crippen LogP contribution in [0.2, 0.25) is 0 Å². The summed E-state index contributed by atoms with van der Waals surface area (Å²) in [7, 11) is 0. The molecule has 0 spiro atoms. The van der Waals surface area contributed by atoms with E-state index in [4.69, 9.17) is 14.6 Å². The van der Waals surface area contributed by atoms with Crippen LogP contribution < -0.4 is 9.47 Å². The van der Waals surface area contributed by atoms with Gasteiger partial charge in [0.25, 0.3) is 0 Å². The first-order valence-electron chi connectivity index (χ1n) is 13.4. The maximum Gasteiger partial charge on any atom is 0.343 e. The molecule has 3 aromatic carbocycles. The Bertz CT molecular complexity index is 1300. The number of aliphatic hydroxyl groups excluding tert-OH is 1. The van der Waals surface area contributed by atoms with E-state index in [0.717, 1.165) is 60.8 Å². The van der Waals surface area contributed by atoms with Gasteiger partial charge in [-0.3, -0.25) is 4.79 Å². The van der Waals surface area contributed by atoms with E-state index in [2.05, 4.69) is 0 Å². The van der Waals surface area contributed by atoms with E-state index >= 15 is 0 Å². The van der Waals surface area contributed by atoms with Gasteiger partial charge in [0.05, 0.1) is 12.2 Å². The minimum atomic E-state index is -0.455. The van der Waals surface area contributed by atoms with Gasteiger partial charge in [0, 0.05) is 17.8 Å². The number of carbonyl (C=O) groups is 2. The van der Waals surface area contributed by atoms with E-state index < -0.39 is 5.97 Å². The van der Waals surface area contributed by atoms with E-state index in [-0.39, 0.29) is 18.1 Å². The van der Waals surface area contributed by atoms with Gasteiger partial charge in [-0.15, -0.1) is 0 Å². The summed E-state index contributed by atoms with van der Waals surface area (Å²) >= 11 is 0. The maximum atomic E-state index is 13.0. The molecule has 0 bridgehead atoms. The Morgan fingerprint density at radius 3 is 1.92 bits per heavy atom. The summed E-state index contributed by atoms with van der Waals surface area (Å²) < 4.78 is 11.2. The molecule has 0 aromatic heterocycles. The second kappa shape index (κ2) is 14.1. The number of unbranched alkanes of at least 4 members (excludes halogenated alkanes) is 3. The molecule has 1 aliphatic rings. The number of Topliss-reactive ketones (excluding diaryl/α,β-unsaturated/α-hetero) is 1. The fraction of sp³-hybridized carbons (Fsp3) is 0.273. The molecule has 3 aromatic rings. The Morgan fingerprint density at radius 2 is 1.31 bits per heavy atom. The summed E-state index contributed by atoms with van der Waals surface area (Å²) in [6.07, 6.45) is 9.85.